The molecule has 0 amide bonds. The molecule has 0 fully saturated rings. The first-order chi connectivity index (χ1) is 30.8. The molecular weight excluding hydrogens is 1410 g/mol. The summed E-state index contributed by atoms with van der Waals surface area (Å²) in [6.07, 6.45) is 4.19. The molecule has 0 unspecified atom stereocenters. The Morgan fingerprint density at radius 2 is 0.809 bits per heavy atom. The molecule has 9 aromatic rings. The van der Waals surface area contributed by atoms with E-state index in [1.54, 1.807) is 0 Å². The van der Waals surface area contributed by atoms with Gasteiger partial charge in [0.05, 0.1) is 24.2 Å². The smallest absolute Gasteiger partial charge is 0.0799 e. The van der Waals surface area contributed by atoms with E-state index in [0.29, 0.717) is 5.92 Å². The summed E-state index contributed by atoms with van der Waals surface area (Å²) >= 11 is 0. The maximum atomic E-state index is 4.86. The van der Waals surface area contributed by atoms with Gasteiger partial charge in [-0.15, -0.1) is 87.4 Å². The normalized spacial score (nSPS) is 11.4. The molecule has 0 aliphatic rings. The Hall–Kier alpha value is -3.85. The largest absolute Gasteiger partial charge is 0.305 e. The first-order valence-corrected chi connectivity index (χ1v) is 33.5. The average molecular weight is 1480 g/mol. The zero-order valence-electron chi connectivity index (χ0n) is 41.8. The Kier molecular flexibility index (Phi) is 19.9. The second kappa shape index (κ2) is 23.8. The summed E-state index contributed by atoms with van der Waals surface area (Å²) in [6, 6.07) is 56.6. The summed E-state index contributed by atoms with van der Waals surface area (Å²) in [5.41, 5.74) is 10.3. The molecule has 68 heavy (non-hydrogen) atoms. The van der Waals surface area contributed by atoms with Crippen molar-refractivity contribution in [3.8, 4) is 33.8 Å². The van der Waals surface area contributed by atoms with Crippen LogP contribution in [-0.4, -0.2) is 39.2 Å². The average Bonchev–Trinajstić information content (AvgIpc) is 3.27. The molecule has 0 aliphatic heterocycles. The van der Waals surface area contributed by atoms with E-state index in [9.17, 15) is 0 Å². The molecule has 0 N–H and O–H groups in total. The standard InChI is InChI=1S/C21H24NSi.2C19H20NSi.3Ir/c1-15(2)19-13-20(22-14-21(19)23(3,4)5)18-12-8-10-16-9-6-7-11-17(16)18;1-14-12-18(20-13-19(14)21(2,3)4)17-11-7-9-15-8-5-6-10-16(15)17;1-14-19(21(2,3)4)13-12-18(20-14)17-11-7-9-15-8-5-6-10-16(15)17;;;/h6-11,13-15H,1-5H3;2*5-10,12-13H,1-4H3;;;/q3*-1;;;. The second-order valence-corrected chi connectivity index (χ2v) is 35.7. The Balaban J connectivity index is 0.000000218. The molecule has 9 rings (SSSR count). The summed E-state index contributed by atoms with van der Waals surface area (Å²) < 4.78 is 0. The quantitative estimate of drug-likeness (QED) is 0.118. The molecule has 0 saturated carbocycles. The van der Waals surface area contributed by atoms with Crippen LogP contribution in [-0.2, 0) is 60.3 Å². The van der Waals surface area contributed by atoms with Gasteiger partial charge in [0.2, 0.25) is 0 Å². The number of hydrogen-bond acceptors (Lipinski definition) is 3. The van der Waals surface area contributed by atoms with Crippen LogP contribution in [0, 0.1) is 32.0 Å². The molecule has 0 spiro atoms. The molecule has 0 saturated heterocycles. The van der Waals surface area contributed by atoms with Crippen LogP contribution in [0.4, 0.5) is 0 Å². The predicted molar refractivity (Wildman–Crippen MR) is 291 cm³/mol. The minimum absolute atomic E-state index is 0. The van der Waals surface area contributed by atoms with Crippen LogP contribution in [0.1, 0.15) is 36.6 Å². The Morgan fingerprint density at radius 1 is 0.426 bits per heavy atom. The summed E-state index contributed by atoms with van der Waals surface area (Å²) in [7, 11) is -4.05. The van der Waals surface area contributed by atoms with Crippen LogP contribution in [0.15, 0.2) is 146 Å². The molecule has 0 aliphatic carbocycles. The van der Waals surface area contributed by atoms with Crippen LogP contribution < -0.4 is 15.6 Å². The Morgan fingerprint density at radius 3 is 1.19 bits per heavy atom. The monoisotopic (exact) mass is 1480 g/mol. The van der Waals surface area contributed by atoms with E-state index in [1.165, 1.54) is 59.0 Å². The Labute approximate surface area is 450 Å². The van der Waals surface area contributed by atoms with Gasteiger partial charge in [0.1, 0.15) is 0 Å². The van der Waals surface area contributed by atoms with Crippen molar-refractivity contribution < 1.29 is 60.3 Å². The topological polar surface area (TPSA) is 38.7 Å². The number of benzene rings is 6. The van der Waals surface area contributed by atoms with E-state index in [2.05, 4.69) is 232 Å². The predicted octanol–water partition coefficient (Wildman–Crippen LogP) is 14.5. The van der Waals surface area contributed by atoms with Gasteiger partial charge in [0, 0.05) is 78.4 Å². The van der Waals surface area contributed by atoms with Gasteiger partial charge in [0.25, 0.3) is 0 Å². The SMILES string of the molecule is CC(C)c1cc(-c2[c-]ccc3ccccc23)ncc1[Si](C)(C)C.Cc1cc(-c2[c-]ccc3ccccc23)ncc1[Si](C)(C)C.Cc1nc(-c2[c-]ccc3ccccc23)ccc1[Si](C)(C)C.[Ir].[Ir].[Ir]. The molecule has 9 heteroatoms. The van der Waals surface area contributed by atoms with Crippen LogP contribution in [0.2, 0.25) is 58.9 Å². The van der Waals surface area contributed by atoms with Crippen molar-refractivity contribution in [1.29, 1.82) is 0 Å². The van der Waals surface area contributed by atoms with Gasteiger partial charge in [-0.3, -0.25) is 0 Å². The van der Waals surface area contributed by atoms with Gasteiger partial charge in [-0.1, -0.05) is 197 Å². The van der Waals surface area contributed by atoms with Crippen LogP contribution >= 0.6 is 0 Å². The number of nitrogens with zero attached hydrogens (tertiary/aromatic N) is 3. The zero-order chi connectivity index (χ0) is 46.7. The van der Waals surface area contributed by atoms with E-state index in [1.807, 2.05) is 18.2 Å². The van der Waals surface area contributed by atoms with Crippen LogP contribution in [0.25, 0.3) is 66.1 Å². The minimum atomic E-state index is -1.39. The number of pyridine rings is 3. The number of aromatic nitrogens is 3. The third kappa shape index (κ3) is 13.3. The van der Waals surface area contributed by atoms with Crippen LogP contribution in [0.5, 0.6) is 0 Å². The summed E-state index contributed by atoms with van der Waals surface area (Å²) in [4.78, 5) is 14.4. The molecule has 6 aromatic carbocycles. The van der Waals surface area contributed by atoms with Crippen molar-refractivity contribution in [2.45, 2.75) is 92.5 Å². The molecule has 3 nitrogen and oxygen atoms in total. The first kappa shape index (κ1) is 56.7. The fourth-order valence-electron chi connectivity index (χ4n) is 8.81. The third-order valence-corrected chi connectivity index (χ3v) is 18.4. The molecule has 3 heterocycles. The van der Waals surface area contributed by atoms with Crippen molar-refractivity contribution in [1.82, 2.24) is 15.0 Å². The van der Waals surface area contributed by atoms with Crippen molar-refractivity contribution in [3.05, 3.63) is 181 Å². The van der Waals surface area contributed by atoms with Gasteiger partial charge in [-0.2, -0.15) is 0 Å². The van der Waals surface area contributed by atoms with E-state index in [-0.39, 0.29) is 60.3 Å². The van der Waals surface area contributed by atoms with E-state index < -0.39 is 24.2 Å². The first-order valence-electron chi connectivity index (χ1n) is 23.0. The number of fused-ring (bicyclic) bond motifs is 3. The van der Waals surface area contributed by atoms with Gasteiger partial charge in [0.15, 0.2) is 0 Å². The van der Waals surface area contributed by atoms with E-state index >= 15 is 0 Å². The third-order valence-electron chi connectivity index (χ3n) is 12.1. The molecule has 3 radical (unpaired) electrons. The van der Waals surface area contributed by atoms with E-state index in [4.69, 9.17) is 15.0 Å². The summed E-state index contributed by atoms with van der Waals surface area (Å²) in [5, 5.41) is 11.7. The molecule has 0 bridgehead atoms. The van der Waals surface area contributed by atoms with Gasteiger partial charge in [-0.25, -0.2) is 0 Å². The van der Waals surface area contributed by atoms with Crippen molar-refractivity contribution >= 4 is 72.1 Å². The fourth-order valence-corrected chi connectivity index (χ4v) is 13.9. The second-order valence-electron chi connectivity index (χ2n) is 20.6. The Bertz CT molecular complexity index is 2980. The zero-order valence-corrected chi connectivity index (χ0v) is 52.0. The van der Waals surface area contributed by atoms with Gasteiger partial charge in [-0.05, 0) is 52.4 Å². The summed E-state index contributed by atoms with van der Waals surface area (Å²) in [6.45, 7) is 30.2. The number of rotatable bonds is 7. The molecule has 0 atom stereocenters. The van der Waals surface area contributed by atoms with Gasteiger partial charge < -0.3 is 15.0 Å². The van der Waals surface area contributed by atoms with Crippen molar-refractivity contribution in [3.63, 3.8) is 0 Å². The molecular formula is C59H64Ir3N3Si3-3. The van der Waals surface area contributed by atoms with Crippen LogP contribution in [0.3, 0.4) is 0 Å². The maximum Gasteiger partial charge on any atom is 0.0799 e. The van der Waals surface area contributed by atoms with Gasteiger partial charge >= 0.3 is 0 Å². The molecule has 357 valence electrons. The number of aryl methyl sites for hydroxylation is 2. The maximum absolute atomic E-state index is 4.86. The van der Waals surface area contributed by atoms with E-state index in [0.717, 1.165) is 39.5 Å². The number of hydrogen-bond donors (Lipinski definition) is 0. The summed E-state index contributed by atoms with van der Waals surface area (Å²) in [5.74, 6) is 0.508. The molecule has 3 aromatic heterocycles. The van der Waals surface area contributed by atoms with Crippen molar-refractivity contribution in [2.75, 3.05) is 0 Å². The van der Waals surface area contributed by atoms with Crippen molar-refractivity contribution in [2.24, 2.45) is 0 Å². The minimum Gasteiger partial charge on any atom is -0.305 e. The fraction of sp³-hybridized carbons (Fsp3) is 0.237.